The monoisotopic (exact) mass is 898 g/mol. The average Bonchev–Trinajstić information content (AvgIpc) is 4.05. The summed E-state index contributed by atoms with van der Waals surface area (Å²) in [6.45, 7) is 8.35. The minimum Gasteiger partial charge on any atom is -0.461 e. The van der Waals surface area contributed by atoms with E-state index in [2.05, 4.69) is 41.9 Å². The second kappa shape index (κ2) is 23.5. The first kappa shape index (κ1) is 48.8. The number of carbonyl (C=O) groups is 6. The van der Waals surface area contributed by atoms with Crippen LogP contribution in [0.5, 0.6) is 0 Å². The van der Waals surface area contributed by atoms with Crippen LogP contribution in [-0.4, -0.2) is 61.4 Å². The van der Waals surface area contributed by atoms with Gasteiger partial charge in [0.2, 0.25) is 5.91 Å². The minimum atomic E-state index is -0.911. The molecule has 0 bridgehead atoms. The van der Waals surface area contributed by atoms with Crippen LogP contribution in [0.25, 0.3) is 11.1 Å². The Hall–Kier alpha value is -6.60. The van der Waals surface area contributed by atoms with Gasteiger partial charge in [0.1, 0.15) is 25.6 Å². The van der Waals surface area contributed by atoms with E-state index in [9.17, 15) is 28.8 Å². The summed E-state index contributed by atoms with van der Waals surface area (Å²) in [7, 11) is 0. The molecule has 1 heterocycles. The second-order valence-electron chi connectivity index (χ2n) is 17.7. The maximum atomic E-state index is 13.8. The van der Waals surface area contributed by atoms with Crippen molar-refractivity contribution in [3.05, 3.63) is 137 Å². The summed E-state index contributed by atoms with van der Waals surface area (Å²) in [5, 5.41) is 8.18. The highest BCUT2D eigenvalue weighted by Gasteiger charge is 2.45. The summed E-state index contributed by atoms with van der Waals surface area (Å²) in [6.07, 6.45) is 5.76. The number of aldehydes is 1. The topological polar surface area (TPSA) is 196 Å². The zero-order chi connectivity index (χ0) is 47.2. The number of primary amides is 1. The minimum absolute atomic E-state index is 0.0507. The van der Waals surface area contributed by atoms with Crippen molar-refractivity contribution in [1.82, 2.24) is 10.6 Å². The average molecular weight is 899 g/mol. The number of allylic oxidation sites excluding steroid dienone is 2. The largest absolute Gasteiger partial charge is 0.461 e. The number of carbonyl (C=O) groups excluding carboxylic acids is 6. The molecule has 1 aliphatic carbocycles. The first-order chi connectivity index (χ1) is 31.8. The van der Waals surface area contributed by atoms with Crippen molar-refractivity contribution in [3.63, 3.8) is 0 Å². The van der Waals surface area contributed by atoms with E-state index < -0.39 is 30.0 Å². The van der Waals surface area contributed by atoms with Gasteiger partial charge in [-0.05, 0) is 101 Å². The molecule has 4 amide bonds. The Kier molecular flexibility index (Phi) is 17.4. The highest BCUT2D eigenvalue weighted by atomic mass is 16.6. The van der Waals surface area contributed by atoms with E-state index in [1.54, 1.807) is 24.3 Å². The number of rotatable bonds is 24. The SMILES string of the molecule is CC(C)[C@H](NC(=O)OCC1c2ccccc2-c2ccccc21)C(=O)C[C@@H](CCCNC(N)=O)C(=O)Nc1ccc(COC(=O)CCc2ccc([C@@H]3O[C@H]3[C@@H](C)[C@H](C)C/C=C/C=O)cc2)cc1. The number of urea groups is 1. The van der Waals surface area contributed by atoms with E-state index in [0.717, 1.165) is 51.7 Å². The van der Waals surface area contributed by atoms with E-state index >= 15 is 0 Å². The quantitative estimate of drug-likeness (QED) is 0.0175. The summed E-state index contributed by atoms with van der Waals surface area (Å²) in [5.41, 5.74) is 12.9. The molecule has 6 rings (SSSR count). The van der Waals surface area contributed by atoms with Crippen molar-refractivity contribution >= 4 is 41.8 Å². The maximum Gasteiger partial charge on any atom is 0.407 e. The molecule has 13 nitrogen and oxygen atoms in total. The van der Waals surface area contributed by atoms with Gasteiger partial charge in [0.25, 0.3) is 0 Å². The number of epoxide rings is 1. The Morgan fingerprint density at radius 1 is 0.818 bits per heavy atom. The van der Waals surface area contributed by atoms with Gasteiger partial charge in [-0.25, -0.2) is 9.59 Å². The van der Waals surface area contributed by atoms with Crippen molar-refractivity contribution in [1.29, 1.82) is 0 Å². The number of ketones is 1. The number of benzene rings is 4. The van der Waals surface area contributed by atoms with Crippen LogP contribution in [0.2, 0.25) is 0 Å². The van der Waals surface area contributed by atoms with Crippen LogP contribution in [0.3, 0.4) is 0 Å². The summed E-state index contributed by atoms with van der Waals surface area (Å²) in [6, 6.07) is 29.5. The lowest BCUT2D eigenvalue weighted by Crippen LogP contribution is -2.46. The number of esters is 1. The summed E-state index contributed by atoms with van der Waals surface area (Å²) in [5.74, 6) is -1.54. The predicted molar refractivity (Wildman–Crippen MR) is 252 cm³/mol. The number of amides is 4. The number of nitrogens with one attached hydrogen (secondary N) is 3. The van der Waals surface area contributed by atoms with Gasteiger partial charge < -0.3 is 35.9 Å². The molecule has 0 saturated carbocycles. The number of Topliss-reactive ketones (excluding diaryl/α,β-unsaturated/α-hetero) is 1. The molecule has 1 fully saturated rings. The molecule has 66 heavy (non-hydrogen) atoms. The Bertz CT molecular complexity index is 2300. The molecule has 4 aromatic rings. The van der Waals surface area contributed by atoms with Crippen LogP contribution in [0.1, 0.15) is 99.6 Å². The third-order valence-corrected chi connectivity index (χ3v) is 12.7. The highest BCUT2D eigenvalue weighted by molar-refractivity contribution is 5.97. The van der Waals surface area contributed by atoms with Crippen molar-refractivity contribution in [3.8, 4) is 11.1 Å². The zero-order valence-electron chi connectivity index (χ0n) is 38.2. The maximum absolute atomic E-state index is 13.8. The molecule has 348 valence electrons. The van der Waals surface area contributed by atoms with Crippen LogP contribution in [0.4, 0.5) is 15.3 Å². The lowest BCUT2D eigenvalue weighted by atomic mass is 9.87. The van der Waals surface area contributed by atoms with E-state index in [1.165, 1.54) is 6.08 Å². The molecule has 0 aromatic heterocycles. The van der Waals surface area contributed by atoms with Crippen molar-refractivity contribution in [2.75, 3.05) is 18.5 Å². The number of hydrogen-bond donors (Lipinski definition) is 4. The number of aryl methyl sites for hydroxylation is 1. The Morgan fingerprint density at radius 3 is 2.11 bits per heavy atom. The van der Waals surface area contributed by atoms with Crippen LogP contribution in [0, 0.1) is 23.7 Å². The standard InChI is InChI=1S/C53H62N4O9/c1-33(2)48(57-53(63)65-32-45-43-16-7-5-14-41(43)42-15-6-8-17-44(42)45)46(59)30-39(13-11-28-55-52(54)62)51(61)56-40-25-20-37(21-26-40)31-64-47(60)27-22-36-18-23-38(24-19-36)50-49(66-50)35(4)34(3)12-9-10-29-58/h5-10,14-21,23-26,29,33-35,39,45,48-50H,11-13,22,27-28,30-32H2,1-4H3,(H,56,61)(H,57,63)(H3,54,55,62)/b10-9+/t34-,35+,39-,48+,49+,50+/m1/s1. The van der Waals surface area contributed by atoms with E-state index in [-0.39, 0.29) is 74.8 Å². The first-order valence-corrected chi connectivity index (χ1v) is 22.9. The molecular weight excluding hydrogens is 837 g/mol. The van der Waals surface area contributed by atoms with Crippen molar-refractivity contribution in [2.24, 2.45) is 29.4 Å². The van der Waals surface area contributed by atoms with Gasteiger partial charge in [-0.1, -0.05) is 119 Å². The van der Waals surface area contributed by atoms with E-state index in [1.807, 2.05) is 80.6 Å². The van der Waals surface area contributed by atoms with Gasteiger partial charge in [0.15, 0.2) is 5.78 Å². The molecule has 5 N–H and O–H groups in total. The molecule has 1 saturated heterocycles. The number of nitrogens with two attached hydrogens (primary N) is 1. The molecule has 2 aliphatic rings. The van der Waals surface area contributed by atoms with Crippen molar-refractivity contribution < 1.29 is 43.0 Å². The third kappa shape index (κ3) is 13.5. The molecule has 13 heteroatoms. The van der Waals surface area contributed by atoms with Crippen LogP contribution in [0.15, 0.2) is 109 Å². The molecular formula is C53H62N4O9. The number of alkyl carbamates (subject to hydrolysis) is 1. The Labute approximate surface area is 387 Å². The predicted octanol–water partition coefficient (Wildman–Crippen LogP) is 8.75. The Morgan fingerprint density at radius 2 is 1.47 bits per heavy atom. The highest BCUT2D eigenvalue weighted by Crippen LogP contribution is 2.46. The lowest BCUT2D eigenvalue weighted by molar-refractivity contribution is -0.144. The fourth-order valence-electron chi connectivity index (χ4n) is 8.61. The van der Waals surface area contributed by atoms with E-state index in [0.29, 0.717) is 30.4 Å². The molecule has 0 radical (unpaired) electrons. The number of ether oxygens (including phenoxy) is 3. The molecule has 1 aliphatic heterocycles. The van der Waals surface area contributed by atoms with Gasteiger partial charge >= 0.3 is 18.1 Å². The zero-order valence-corrected chi connectivity index (χ0v) is 38.2. The summed E-state index contributed by atoms with van der Waals surface area (Å²) < 4.78 is 17.3. The fraction of sp³-hybridized carbons (Fsp3) is 0.396. The van der Waals surface area contributed by atoms with Gasteiger partial charge in [0, 0.05) is 36.9 Å². The number of hydrogen-bond acceptors (Lipinski definition) is 9. The van der Waals surface area contributed by atoms with Gasteiger partial charge in [-0.15, -0.1) is 0 Å². The van der Waals surface area contributed by atoms with Gasteiger partial charge in [-0.3, -0.25) is 19.2 Å². The smallest absolute Gasteiger partial charge is 0.407 e. The Balaban J connectivity index is 0.962. The first-order valence-electron chi connectivity index (χ1n) is 22.9. The second-order valence-corrected chi connectivity index (χ2v) is 17.7. The lowest BCUT2D eigenvalue weighted by Gasteiger charge is -2.24. The molecule has 4 aromatic carbocycles. The number of anilines is 1. The molecule has 0 spiro atoms. The van der Waals surface area contributed by atoms with E-state index in [4.69, 9.17) is 19.9 Å². The fourth-order valence-corrected chi connectivity index (χ4v) is 8.61. The van der Waals surface area contributed by atoms with Gasteiger partial charge in [-0.2, -0.15) is 0 Å². The third-order valence-electron chi connectivity index (χ3n) is 12.7. The summed E-state index contributed by atoms with van der Waals surface area (Å²) in [4.78, 5) is 75.4. The molecule has 0 unspecified atom stereocenters. The molecule has 6 atom stereocenters. The normalized spacial score (nSPS) is 16.9. The van der Waals surface area contributed by atoms with Crippen LogP contribution in [-0.2, 0) is 46.4 Å². The van der Waals surface area contributed by atoms with Crippen LogP contribution < -0.4 is 21.7 Å². The van der Waals surface area contributed by atoms with Crippen molar-refractivity contribution in [2.45, 2.75) is 97.0 Å². The van der Waals surface area contributed by atoms with Crippen LogP contribution >= 0.6 is 0 Å². The van der Waals surface area contributed by atoms with Gasteiger partial charge in [0.05, 0.1) is 12.1 Å². The summed E-state index contributed by atoms with van der Waals surface area (Å²) >= 11 is 0. The number of fused-ring (bicyclic) bond motifs is 3.